The normalized spacial score (nSPS) is 19.0. The lowest BCUT2D eigenvalue weighted by molar-refractivity contribution is 0.0334. The van der Waals surface area contributed by atoms with Gasteiger partial charge in [-0.05, 0) is 67.3 Å². The quantitative estimate of drug-likeness (QED) is 0.813. The molecule has 2 N–H and O–H groups in total. The molecule has 106 valence electrons. The van der Waals surface area contributed by atoms with E-state index in [9.17, 15) is 4.79 Å². The van der Waals surface area contributed by atoms with Gasteiger partial charge in [-0.3, -0.25) is 0 Å². The molecule has 1 saturated carbocycles. The minimum absolute atomic E-state index is 0.0232. The molecule has 0 unspecified atom stereocenters. The molecule has 0 aliphatic heterocycles. The van der Waals surface area contributed by atoms with E-state index in [1.54, 1.807) is 0 Å². The minimum Gasteiger partial charge on any atom is -0.444 e. The summed E-state index contributed by atoms with van der Waals surface area (Å²) in [5.74, 6) is 0. The number of carbonyl (C=O) groups is 1. The van der Waals surface area contributed by atoms with Gasteiger partial charge in [-0.1, -0.05) is 0 Å². The van der Waals surface area contributed by atoms with Crippen LogP contribution in [0.5, 0.6) is 0 Å². The molecule has 0 radical (unpaired) electrons. The van der Waals surface area contributed by atoms with Crippen LogP contribution in [0, 0.1) is 0 Å². The first-order valence-electron chi connectivity index (χ1n) is 6.78. The van der Waals surface area contributed by atoms with Crippen molar-refractivity contribution in [3.8, 4) is 0 Å². The molecule has 0 heterocycles. The van der Waals surface area contributed by atoms with Crippen molar-refractivity contribution < 1.29 is 9.53 Å². The highest BCUT2D eigenvalue weighted by atomic mass is 16.6. The maximum atomic E-state index is 11.9. The van der Waals surface area contributed by atoms with E-state index in [4.69, 9.17) is 4.74 Å². The van der Waals surface area contributed by atoms with Gasteiger partial charge in [-0.25, -0.2) is 4.79 Å². The molecule has 0 aromatic carbocycles. The predicted molar refractivity (Wildman–Crippen MR) is 73.7 cm³/mol. The Balaban J connectivity index is 2.59. The van der Waals surface area contributed by atoms with Crippen LogP contribution in [0.25, 0.3) is 0 Å². The first-order valence-corrected chi connectivity index (χ1v) is 6.78. The summed E-state index contributed by atoms with van der Waals surface area (Å²) >= 11 is 0. The van der Waals surface area contributed by atoms with Crippen LogP contribution in [0.1, 0.15) is 60.3 Å². The predicted octanol–water partition coefficient (Wildman–Crippen LogP) is 2.82. The van der Waals surface area contributed by atoms with Crippen molar-refractivity contribution in [2.75, 3.05) is 7.05 Å². The van der Waals surface area contributed by atoms with Crippen molar-refractivity contribution in [1.82, 2.24) is 10.6 Å². The van der Waals surface area contributed by atoms with E-state index in [2.05, 4.69) is 24.5 Å². The van der Waals surface area contributed by atoms with Gasteiger partial charge in [0.05, 0.1) is 0 Å². The Bertz CT molecular complexity index is 301. The second-order valence-corrected chi connectivity index (χ2v) is 7.07. The van der Waals surface area contributed by atoms with Crippen LogP contribution in [-0.4, -0.2) is 29.8 Å². The van der Waals surface area contributed by atoms with Crippen molar-refractivity contribution in [1.29, 1.82) is 0 Å². The lowest BCUT2D eigenvalue weighted by Crippen LogP contribution is -2.59. The monoisotopic (exact) mass is 256 g/mol. The molecular weight excluding hydrogens is 228 g/mol. The number of rotatable bonds is 4. The van der Waals surface area contributed by atoms with E-state index in [-0.39, 0.29) is 17.2 Å². The molecule has 18 heavy (non-hydrogen) atoms. The van der Waals surface area contributed by atoms with Crippen LogP contribution in [0.2, 0.25) is 0 Å². The zero-order valence-electron chi connectivity index (χ0n) is 12.6. The van der Waals surface area contributed by atoms with Crippen molar-refractivity contribution in [3.63, 3.8) is 0 Å². The zero-order valence-corrected chi connectivity index (χ0v) is 12.6. The minimum atomic E-state index is -0.437. The van der Waals surface area contributed by atoms with Gasteiger partial charge in [-0.2, -0.15) is 0 Å². The van der Waals surface area contributed by atoms with Gasteiger partial charge in [0.25, 0.3) is 0 Å². The number of ether oxygens (including phenoxy) is 1. The number of hydrogen-bond donors (Lipinski definition) is 2. The molecule has 0 aromatic heterocycles. The Morgan fingerprint density at radius 2 is 1.78 bits per heavy atom. The maximum Gasteiger partial charge on any atom is 0.408 e. The summed E-state index contributed by atoms with van der Waals surface area (Å²) in [6.07, 6.45) is 3.88. The highest BCUT2D eigenvalue weighted by Crippen LogP contribution is 2.38. The number of hydrogen-bond acceptors (Lipinski definition) is 3. The fourth-order valence-electron chi connectivity index (χ4n) is 2.40. The molecule has 0 saturated heterocycles. The Morgan fingerprint density at radius 3 is 2.11 bits per heavy atom. The Kier molecular flexibility index (Phi) is 4.31. The lowest BCUT2D eigenvalue weighted by atomic mass is 9.70. The van der Waals surface area contributed by atoms with E-state index in [0.29, 0.717) is 0 Å². The van der Waals surface area contributed by atoms with Gasteiger partial charge < -0.3 is 15.4 Å². The summed E-state index contributed by atoms with van der Waals surface area (Å²) in [4.78, 5) is 11.9. The van der Waals surface area contributed by atoms with E-state index >= 15 is 0 Å². The third-order valence-electron chi connectivity index (χ3n) is 3.53. The summed E-state index contributed by atoms with van der Waals surface area (Å²) in [5, 5.41) is 6.37. The highest BCUT2D eigenvalue weighted by molar-refractivity contribution is 5.69. The van der Waals surface area contributed by atoms with E-state index in [1.165, 1.54) is 6.42 Å². The SMILES string of the molecule is CNC(C)(C)CC1(NC(=O)OC(C)(C)C)CCC1. The van der Waals surface area contributed by atoms with Gasteiger partial charge in [-0.15, -0.1) is 0 Å². The summed E-state index contributed by atoms with van der Waals surface area (Å²) in [7, 11) is 1.96. The van der Waals surface area contributed by atoms with Gasteiger partial charge in [0.1, 0.15) is 5.60 Å². The first-order chi connectivity index (χ1) is 8.08. The summed E-state index contributed by atoms with van der Waals surface area (Å²) in [6.45, 7) is 9.97. The number of nitrogens with one attached hydrogen (secondary N) is 2. The molecule has 0 aromatic rings. The molecule has 4 heteroatoms. The molecule has 1 fully saturated rings. The second kappa shape index (κ2) is 5.08. The molecule has 1 rings (SSSR count). The lowest BCUT2D eigenvalue weighted by Gasteiger charge is -2.47. The third kappa shape index (κ3) is 4.48. The smallest absolute Gasteiger partial charge is 0.408 e. The number of alkyl carbamates (subject to hydrolysis) is 1. The fourth-order valence-corrected chi connectivity index (χ4v) is 2.40. The largest absolute Gasteiger partial charge is 0.444 e. The summed E-state index contributed by atoms with van der Waals surface area (Å²) in [5.41, 5.74) is -0.502. The average Bonchev–Trinajstić information content (AvgIpc) is 2.11. The molecule has 1 amide bonds. The van der Waals surface area contributed by atoms with Gasteiger partial charge in [0.15, 0.2) is 0 Å². The zero-order chi connectivity index (χ0) is 14.0. The topological polar surface area (TPSA) is 50.4 Å². The molecule has 1 aliphatic carbocycles. The second-order valence-electron chi connectivity index (χ2n) is 7.07. The van der Waals surface area contributed by atoms with E-state index < -0.39 is 5.60 Å². The Labute approximate surface area is 111 Å². The van der Waals surface area contributed by atoms with Crippen LogP contribution in [0.15, 0.2) is 0 Å². The van der Waals surface area contributed by atoms with Crippen LogP contribution in [-0.2, 0) is 4.74 Å². The van der Waals surface area contributed by atoms with Crippen molar-refractivity contribution in [2.45, 2.75) is 77.0 Å². The summed E-state index contributed by atoms with van der Waals surface area (Å²) < 4.78 is 5.35. The Morgan fingerprint density at radius 1 is 1.22 bits per heavy atom. The first kappa shape index (κ1) is 15.3. The Hall–Kier alpha value is -0.770. The molecule has 0 bridgehead atoms. The highest BCUT2D eigenvalue weighted by Gasteiger charge is 2.42. The molecule has 0 atom stereocenters. The molecule has 0 spiro atoms. The molecule has 4 nitrogen and oxygen atoms in total. The fraction of sp³-hybridized carbons (Fsp3) is 0.929. The van der Waals surface area contributed by atoms with Crippen LogP contribution < -0.4 is 10.6 Å². The van der Waals surface area contributed by atoms with Crippen LogP contribution >= 0.6 is 0 Å². The van der Waals surface area contributed by atoms with Gasteiger partial charge in [0, 0.05) is 11.1 Å². The van der Waals surface area contributed by atoms with E-state index in [0.717, 1.165) is 19.3 Å². The third-order valence-corrected chi connectivity index (χ3v) is 3.53. The average molecular weight is 256 g/mol. The number of amides is 1. The van der Waals surface area contributed by atoms with Gasteiger partial charge in [0.2, 0.25) is 0 Å². The van der Waals surface area contributed by atoms with Crippen molar-refractivity contribution in [3.05, 3.63) is 0 Å². The standard InChI is InChI=1S/C14H28N2O2/c1-12(2,3)18-11(17)16-14(8-7-9-14)10-13(4,5)15-6/h15H,7-10H2,1-6H3,(H,16,17). The van der Waals surface area contributed by atoms with Crippen molar-refractivity contribution >= 4 is 6.09 Å². The summed E-state index contributed by atoms with van der Waals surface area (Å²) in [6, 6.07) is 0. The molecular formula is C14H28N2O2. The maximum absolute atomic E-state index is 11.9. The van der Waals surface area contributed by atoms with Crippen LogP contribution in [0.3, 0.4) is 0 Å². The molecule has 1 aliphatic rings. The van der Waals surface area contributed by atoms with Gasteiger partial charge >= 0.3 is 6.09 Å². The van der Waals surface area contributed by atoms with Crippen molar-refractivity contribution in [2.24, 2.45) is 0 Å². The number of carbonyl (C=O) groups excluding carboxylic acids is 1. The van der Waals surface area contributed by atoms with E-state index in [1.807, 2.05) is 27.8 Å². The van der Waals surface area contributed by atoms with Crippen LogP contribution in [0.4, 0.5) is 4.79 Å².